The van der Waals surface area contributed by atoms with Crippen LogP contribution >= 0.6 is 0 Å². The number of nitrogens with one attached hydrogen (secondary N) is 1. The fraction of sp³-hybridized carbons (Fsp3) is 0.500. The number of rotatable bonds is 1. The minimum atomic E-state index is 0.776. The third-order valence-electron chi connectivity index (χ3n) is 5.59. The fourth-order valence-corrected chi connectivity index (χ4v) is 4.72. The molecule has 1 aromatic heterocycles. The van der Waals surface area contributed by atoms with Gasteiger partial charge in [0.15, 0.2) is 0 Å². The number of likely N-dealkylation sites (N-methyl/N-ethyl adjacent to an activating group) is 1. The van der Waals surface area contributed by atoms with Crippen molar-refractivity contribution in [1.29, 1.82) is 0 Å². The Morgan fingerprint density at radius 3 is 2.68 bits per heavy atom. The van der Waals surface area contributed by atoms with E-state index in [0.717, 1.165) is 24.2 Å². The summed E-state index contributed by atoms with van der Waals surface area (Å²) >= 11 is 0. The highest BCUT2D eigenvalue weighted by molar-refractivity contribution is 5.94. The lowest BCUT2D eigenvalue weighted by molar-refractivity contribution is 0.157. The normalized spacial score (nSPS) is 36.8. The molecule has 3 aliphatic heterocycles. The number of hydrogen-bond donors (Lipinski definition) is 1. The van der Waals surface area contributed by atoms with Crippen molar-refractivity contribution in [1.82, 2.24) is 9.88 Å². The van der Waals surface area contributed by atoms with Crippen LogP contribution in [0, 0.1) is 0 Å². The first kappa shape index (κ1) is 10.3. The average molecular weight is 253 g/mol. The Labute approximate surface area is 113 Å². The first-order valence-corrected chi connectivity index (χ1v) is 7.42. The van der Waals surface area contributed by atoms with E-state index in [2.05, 4.69) is 52.3 Å². The number of piperazine rings is 1. The van der Waals surface area contributed by atoms with Gasteiger partial charge in [-0.25, -0.2) is 0 Å². The Bertz CT molecular complexity index is 628. The molecule has 1 N–H and O–H groups in total. The molecule has 3 aliphatic rings. The molecule has 5 rings (SSSR count). The van der Waals surface area contributed by atoms with Gasteiger partial charge >= 0.3 is 0 Å². The lowest BCUT2D eigenvalue weighted by Gasteiger charge is -2.36. The van der Waals surface area contributed by atoms with Crippen LogP contribution in [-0.4, -0.2) is 41.1 Å². The third kappa shape index (κ3) is 1.17. The van der Waals surface area contributed by atoms with Crippen molar-refractivity contribution in [3.05, 3.63) is 30.5 Å². The van der Waals surface area contributed by atoms with Crippen molar-refractivity contribution < 1.29 is 0 Å². The topological polar surface area (TPSA) is 22.0 Å². The minimum absolute atomic E-state index is 0.776. The number of H-pyrrole nitrogens is 1. The molecule has 1 aromatic carbocycles. The third-order valence-corrected chi connectivity index (χ3v) is 5.59. The molecule has 4 atom stereocenters. The Hall–Kier alpha value is -1.48. The van der Waals surface area contributed by atoms with Crippen LogP contribution in [0.4, 0.5) is 5.69 Å². The molecule has 3 saturated heterocycles. The predicted octanol–water partition coefficient (Wildman–Crippen LogP) is 2.59. The second-order valence-electron chi connectivity index (χ2n) is 6.34. The summed E-state index contributed by atoms with van der Waals surface area (Å²) in [4.78, 5) is 8.66. The van der Waals surface area contributed by atoms with Crippen molar-refractivity contribution >= 4 is 16.6 Å². The summed E-state index contributed by atoms with van der Waals surface area (Å²) in [6, 6.07) is 12.0. The Balaban J connectivity index is 1.59. The Morgan fingerprint density at radius 2 is 1.89 bits per heavy atom. The number of anilines is 1. The summed E-state index contributed by atoms with van der Waals surface area (Å²) < 4.78 is 0. The summed E-state index contributed by atoms with van der Waals surface area (Å²) in [5, 5.41) is 1.39. The zero-order valence-corrected chi connectivity index (χ0v) is 11.2. The molecule has 0 spiro atoms. The molecule has 0 radical (unpaired) electrons. The maximum atomic E-state index is 3.33. The molecular weight excluding hydrogens is 234 g/mol. The maximum absolute atomic E-state index is 3.33. The lowest BCUT2D eigenvalue weighted by atomic mass is 10.0. The standard InChI is InChI=1S/C16H19N3/c1-18-13-6-3-7-14(18)16-15(13)19(16)12-5-2-4-11-10(12)8-9-17-11/h2,4-5,8-9,13-17H,3,6-7H2,1H3/t13-,14+,15-,16+,19?. The molecule has 19 heavy (non-hydrogen) atoms. The van der Waals surface area contributed by atoms with Crippen molar-refractivity contribution in [2.45, 2.75) is 43.4 Å². The molecule has 2 aromatic rings. The second-order valence-corrected chi connectivity index (χ2v) is 6.34. The van der Waals surface area contributed by atoms with Crippen LogP contribution in [0.1, 0.15) is 19.3 Å². The summed E-state index contributed by atoms with van der Waals surface area (Å²) in [6.07, 6.45) is 6.25. The van der Waals surface area contributed by atoms with E-state index in [1.54, 1.807) is 0 Å². The SMILES string of the molecule is CN1[C@@H]2CCC[C@H]1[C@H]1[C@@H]2N1c1cccc2[nH]ccc12. The lowest BCUT2D eigenvalue weighted by Crippen LogP contribution is -2.45. The molecule has 98 valence electrons. The van der Waals surface area contributed by atoms with Gasteiger partial charge in [0.2, 0.25) is 0 Å². The van der Waals surface area contributed by atoms with Gasteiger partial charge in [-0.1, -0.05) is 12.5 Å². The largest absolute Gasteiger partial charge is 0.361 e. The molecule has 3 nitrogen and oxygen atoms in total. The van der Waals surface area contributed by atoms with Crippen LogP contribution in [0.15, 0.2) is 30.5 Å². The molecule has 3 heteroatoms. The minimum Gasteiger partial charge on any atom is -0.361 e. The number of aromatic nitrogens is 1. The van der Waals surface area contributed by atoms with Gasteiger partial charge in [-0.2, -0.15) is 0 Å². The van der Waals surface area contributed by atoms with Gasteiger partial charge in [0.25, 0.3) is 0 Å². The molecule has 0 unspecified atom stereocenters. The highest BCUT2D eigenvalue weighted by Gasteiger charge is 2.64. The van der Waals surface area contributed by atoms with E-state index in [-0.39, 0.29) is 0 Å². The van der Waals surface area contributed by atoms with Crippen LogP contribution in [0.5, 0.6) is 0 Å². The maximum Gasteiger partial charge on any atom is 0.0669 e. The highest BCUT2D eigenvalue weighted by atomic mass is 15.5. The van der Waals surface area contributed by atoms with E-state index in [0.29, 0.717) is 0 Å². The predicted molar refractivity (Wildman–Crippen MR) is 77.5 cm³/mol. The van der Waals surface area contributed by atoms with Gasteiger partial charge in [-0.15, -0.1) is 0 Å². The number of benzene rings is 1. The van der Waals surface area contributed by atoms with Crippen LogP contribution in [-0.2, 0) is 0 Å². The number of aromatic amines is 1. The van der Waals surface area contributed by atoms with Crippen molar-refractivity contribution in [2.24, 2.45) is 0 Å². The fourth-order valence-electron chi connectivity index (χ4n) is 4.72. The number of hydrogen-bond acceptors (Lipinski definition) is 2. The average Bonchev–Trinajstić information content (AvgIpc) is 2.90. The van der Waals surface area contributed by atoms with Gasteiger partial charge in [-0.3, -0.25) is 4.90 Å². The zero-order valence-electron chi connectivity index (χ0n) is 11.2. The van der Waals surface area contributed by atoms with Crippen molar-refractivity contribution in [3.63, 3.8) is 0 Å². The first-order valence-electron chi connectivity index (χ1n) is 7.42. The summed E-state index contributed by atoms with van der Waals surface area (Å²) in [5.41, 5.74) is 2.71. The van der Waals surface area contributed by atoms with Gasteiger partial charge in [0.05, 0.1) is 12.1 Å². The molecule has 3 fully saturated rings. The molecule has 0 amide bonds. The van der Waals surface area contributed by atoms with Crippen molar-refractivity contribution in [3.8, 4) is 0 Å². The van der Waals surface area contributed by atoms with Crippen LogP contribution in [0.2, 0.25) is 0 Å². The molecular formula is C16H19N3. The summed E-state index contributed by atoms with van der Waals surface area (Å²) in [7, 11) is 2.33. The van der Waals surface area contributed by atoms with Gasteiger partial charge in [0, 0.05) is 34.9 Å². The first-order chi connectivity index (χ1) is 9.36. The second kappa shape index (κ2) is 3.34. The van der Waals surface area contributed by atoms with E-state index in [4.69, 9.17) is 0 Å². The van der Waals surface area contributed by atoms with E-state index in [9.17, 15) is 0 Å². The highest BCUT2D eigenvalue weighted by Crippen LogP contribution is 2.53. The monoisotopic (exact) mass is 253 g/mol. The Morgan fingerprint density at radius 1 is 1.11 bits per heavy atom. The number of piperidine rings is 1. The van der Waals surface area contributed by atoms with Crippen LogP contribution in [0.25, 0.3) is 10.9 Å². The van der Waals surface area contributed by atoms with Gasteiger partial charge in [-0.05, 0) is 38.1 Å². The van der Waals surface area contributed by atoms with Gasteiger partial charge < -0.3 is 9.88 Å². The van der Waals surface area contributed by atoms with Crippen molar-refractivity contribution in [2.75, 3.05) is 11.9 Å². The van der Waals surface area contributed by atoms with Crippen LogP contribution < -0.4 is 4.90 Å². The van der Waals surface area contributed by atoms with E-state index < -0.39 is 0 Å². The smallest absolute Gasteiger partial charge is 0.0669 e. The summed E-state index contributed by atoms with van der Waals surface area (Å²) in [5.74, 6) is 0. The molecule has 2 bridgehead atoms. The number of fused-ring (bicyclic) bond motifs is 6. The van der Waals surface area contributed by atoms with Gasteiger partial charge in [0.1, 0.15) is 0 Å². The molecule has 4 heterocycles. The van der Waals surface area contributed by atoms with E-state index in [1.165, 1.54) is 35.9 Å². The molecule has 0 saturated carbocycles. The number of nitrogens with zero attached hydrogens (tertiary/aromatic N) is 2. The molecule has 0 aliphatic carbocycles. The summed E-state index contributed by atoms with van der Waals surface area (Å²) in [6.45, 7) is 0. The van der Waals surface area contributed by atoms with E-state index in [1.807, 2.05) is 0 Å². The van der Waals surface area contributed by atoms with E-state index >= 15 is 0 Å². The Kier molecular flexibility index (Phi) is 1.81. The van der Waals surface area contributed by atoms with Crippen LogP contribution in [0.3, 0.4) is 0 Å². The zero-order chi connectivity index (χ0) is 12.6. The quantitative estimate of drug-likeness (QED) is 0.789.